The van der Waals surface area contributed by atoms with Gasteiger partial charge in [-0.1, -0.05) is 22.8 Å². The van der Waals surface area contributed by atoms with E-state index in [4.69, 9.17) is 11.3 Å². The second-order valence-electron chi connectivity index (χ2n) is 8.71. The number of anilines is 1. The maximum absolute atomic E-state index is 13.1. The summed E-state index contributed by atoms with van der Waals surface area (Å²) in [5, 5.41) is 32.0. The fraction of sp³-hybridized carbons (Fsp3) is 0.476. The molecule has 15 nitrogen and oxygen atoms in total. The molecular weight excluding hydrogens is 570 g/mol. The van der Waals surface area contributed by atoms with Crippen LogP contribution in [0.2, 0.25) is 0 Å². The maximum atomic E-state index is 13.1. The van der Waals surface area contributed by atoms with E-state index in [1.54, 1.807) is 13.8 Å². The number of tetrazole rings is 1. The van der Waals surface area contributed by atoms with Crippen molar-refractivity contribution in [3.05, 3.63) is 11.1 Å². The number of hydrogen-bond acceptors (Lipinski definition) is 13. The number of hydrogen-bond donors (Lipinski definition) is 3. The van der Waals surface area contributed by atoms with Crippen LogP contribution in [0.15, 0.2) is 15.7 Å². The van der Waals surface area contributed by atoms with Gasteiger partial charge in [0.05, 0.1) is 0 Å². The van der Waals surface area contributed by atoms with Crippen LogP contribution in [0.5, 0.6) is 0 Å². The highest BCUT2D eigenvalue weighted by Crippen LogP contribution is 2.44. The summed E-state index contributed by atoms with van der Waals surface area (Å²) in [4.78, 5) is 60.1. The van der Waals surface area contributed by atoms with Gasteiger partial charge in [0.1, 0.15) is 35.2 Å². The topological polar surface area (TPSA) is 194 Å². The molecule has 0 bridgehead atoms. The molecule has 4 rings (SSSR count). The number of aliphatic carboxylic acids is 1. The number of carboxylic acids is 1. The number of carbonyl (C=O) groups is 4. The molecule has 0 aliphatic carbocycles. The highest BCUT2D eigenvalue weighted by molar-refractivity contribution is 8.00. The molecule has 2 aliphatic rings. The Morgan fingerprint density at radius 1 is 1.49 bits per heavy atom. The average molecular weight is 594 g/mol. The number of fused-ring (bicyclic) bond motifs is 1. The molecule has 2 unspecified atom stereocenters. The smallest absolute Gasteiger partial charge is 0.313 e. The van der Waals surface area contributed by atoms with E-state index >= 15 is 0 Å². The Labute approximate surface area is 234 Å². The number of β-lactam (4-membered cyclic amide) rings is 1. The maximum Gasteiger partial charge on any atom is 0.313 e. The molecule has 206 valence electrons. The van der Waals surface area contributed by atoms with Gasteiger partial charge in [0.2, 0.25) is 17.5 Å². The third-order valence-electron chi connectivity index (χ3n) is 5.60. The van der Waals surface area contributed by atoms with Gasteiger partial charge in [0, 0.05) is 23.4 Å². The molecule has 18 heteroatoms. The number of carboxylic acid groups (broad SMARTS) is 1. The molecule has 0 radical (unpaired) electrons. The lowest BCUT2D eigenvalue weighted by atomic mass is 9.89. The zero-order chi connectivity index (χ0) is 28.2. The molecule has 0 saturated carbocycles. The van der Waals surface area contributed by atoms with Gasteiger partial charge >= 0.3 is 5.97 Å². The van der Waals surface area contributed by atoms with Crippen molar-refractivity contribution in [3.63, 3.8) is 0 Å². The van der Waals surface area contributed by atoms with Gasteiger partial charge in [0.25, 0.3) is 5.91 Å². The van der Waals surface area contributed by atoms with Gasteiger partial charge in [-0.15, -0.1) is 34.6 Å². The first-order chi connectivity index (χ1) is 18.7. The lowest BCUT2D eigenvalue weighted by Gasteiger charge is -2.53. The molecular formula is C21H23N9O6S3. The zero-order valence-corrected chi connectivity index (χ0v) is 23.1. The van der Waals surface area contributed by atoms with Crippen molar-refractivity contribution in [1.82, 2.24) is 35.4 Å². The molecule has 39 heavy (non-hydrogen) atoms. The number of oxime groups is 1. The Balaban J connectivity index is 1.44. The van der Waals surface area contributed by atoms with Crippen LogP contribution in [-0.4, -0.2) is 101 Å². The second kappa shape index (κ2) is 12.0. The van der Waals surface area contributed by atoms with E-state index in [0.717, 1.165) is 23.1 Å². The normalized spacial score (nSPS) is 22.5. The fourth-order valence-electron chi connectivity index (χ4n) is 3.67. The summed E-state index contributed by atoms with van der Waals surface area (Å²) < 4.78 is 1.39. The molecule has 4 heterocycles. The molecule has 2 fully saturated rings. The summed E-state index contributed by atoms with van der Waals surface area (Å²) in [6.45, 7) is 3.56. The third-order valence-corrected chi connectivity index (χ3v) is 9.21. The van der Waals surface area contributed by atoms with Crippen LogP contribution < -0.4 is 10.6 Å². The van der Waals surface area contributed by atoms with Crippen molar-refractivity contribution in [1.29, 1.82) is 0 Å². The van der Waals surface area contributed by atoms with Crippen LogP contribution in [0, 0.1) is 17.8 Å². The number of aromatic nitrogens is 5. The summed E-state index contributed by atoms with van der Waals surface area (Å²) in [5.74, 6) is 0.567. The number of carbonyl (C=O) groups excluding carboxylic acids is 3. The number of terminal acetylenes is 1. The standard InChI is InChI=1S/C21H23N9O6S3/c1-4-5-30-20(25-27-28-30)39-9-21(18(34)35)7-29-16(33)14(17(29)38-8-21)24-15(32)13(26-36-11(2)3)12-6-37-19(23-12)22-10-31/h1,6,10-11,14,17H,5,7-9H2,2-3H3,(H,24,32)(H,34,35)(H,22,23,31)/t14?,17-,21?/m1/s1. The molecule has 2 saturated heterocycles. The number of thiazole rings is 1. The lowest BCUT2D eigenvalue weighted by molar-refractivity contribution is -0.157. The third kappa shape index (κ3) is 5.99. The summed E-state index contributed by atoms with van der Waals surface area (Å²) in [5.41, 5.74) is -1.26. The first-order valence-corrected chi connectivity index (χ1v) is 14.3. The van der Waals surface area contributed by atoms with E-state index in [2.05, 4.69) is 42.2 Å². The van der Waals surface area contributed by atoms with E-state index in [1.807, 2.05) is 0 Å². The number of nitrogens with zero attached hydrogens (tertiary/aromatic N) is 7. The van der Waals surface area contributed by atoms with Crippen molar-refractivity contribution in [2.75, 3.05) is 23.4 Å². The first-order valence-electron chi connectivity index (χ1n) is 11.4. The van der Waals surface area contributed by atoms with E-state index < -0.39 is 34.6 Å². The van der Waals surface area contributed by atoms with E-state index in [9.17, 15) is 24.3 Å². The minimum atomic E-state index is -1.26. The number of amides is 3. The van der Waals surface area contributed by atoms with Gasteiger partial charge in [-0.3, -0.25) is 19.2 Å². The second-order valence-corrected chi connectivity index (χ2v) is 11.6. The average Bonchev–Trinajstić information content (AvgIpc) is 3.55. The quantitative estimate of drug-likeness (QED) is 0.0729. The van der Waals surface area contributed by atoms with Crippen LogP contribution >= 0.6 is 34.9 Å². The van der Waals surface area contributed by atoms with Crippen LogP contribution in [-0.2, 0) is 30.6 Å². The van der Waals surface area contributed by atoms with Crippen molar-refractivity contribution < 1.29 is 29.1 Å². The minimum absolute atomic E-state index is 0.0425. The van der Waals surface area contributed by atoms with Crippen LogP contribution in [0.4, 0.5) is 5.13 Å². The molecule has 0 spiro atoms. The van der Waals surface area contributed by atoms with Gasteiger partial charge in [-0.2, -0.15) is 0 Å². The lowest BCUT2D eigenvalue weighted by Crippen LogP contribution is -2.74. The van der Waals surface area contributed by atoms with Gasteiger partial charge in [-0.05, 0) is 24.3 Å². The van der Waals surface area contributed by atoms with Crippen molar-refractivity contribution in [2.24, 2.45) is 10.6 Å². The van der Waals surface area contributed by atoms with Gasteiger partial charge in [0.15, 0.2) is 10.8 Å². The zero-order valence-electron chi connectivity index (χ0n) is 20.6. The molecule has 2 aromatic rings. The molecule has 2 aromatic heterocycles. The predicted octanol–water partition coefficient (Wildman–Crippen LogP) is -0.277. The largest absolute Gasteiger partial charge is 0.481 e. The van der Waals surface area contributed by atoms with E-state index in [1.165, 1.54) is 26.7 Å². The van der Waals surface area contributed by atoms with E-state index in [-0.39, 0.29) is 47.2 Å². The highest BCUT2D eigenvalue weighted by atomic mass is 32.2. The summed E-state index contributed by atoms with van der Waals surface area (Å²) >= 11 is 3.50. The Hall–Kier alpha value is -3.69. The summed E-state index contributed by atoms with van der Waals surface area (Å²) in [6.07, 6.45) is 5.45. The van der Waals surface area contributed by atoms with E-state index in [0.29, 0.717) is 11.6 Å². The summed E-state index contributed by atoms with van der Waals surface area (Å²) in [7, 11) is 0. The fourth-order valence-corrected chi connectivity index (χ4v) is 7.06. The monoisotopic (exact) mass is 593 g/mol. The van der Waals surface area contributed by atoms with Crippen LogP contribution in [0.1, 0.15) is 19.5 Å². The molecule has 3 atom stereocenters. The molecule has 0 aromatic carbocycles. The molecule has 3 amide bonds. The number of rotatable bonds is 12. The highest BCUT2D eigenvalue weighted by Gasteiger charge is 2.57. The number of thioether (sulfide) groups is 2. The van der Waals surface area contributed by atoms with Gasteiger partial charge < -0.3 is 25.5 Å². The minimum Gasteiger partial charge on any atom is -0.481 e. The predicted molar refractivity (Wildman–Crippen MR) is 142 cm³/mol. The first kappa shape index (κ1) is 28.3. The van der Waals surface area contributed by atoms with Crippen molar-refractivity contribution >= 4 is 69.9 Å². The van der Waals surface area contributed by atoms with Crippen molar-refractivity contribution in [2.45, 2.75) is 43.1 Å². The Morgan fingerprint density at radius 3 is 2.97 bits per heavy atom. The van der Waals surface area contributed by atoms with Gasteiger partial charge in [-0.25, -0.2) is 9.67 Å². The Morgan fingerprint density at radius 2 is 2.28 bits per heavy atom. The van der Waals surface area contributed by atoms with Crippen molar-refractivity contribution in [3.8, 4) is 12.3 Å². The SMILES string of the molecule is C#CCn1nnnc1SCC1(C(=O)O)CS[C@@H]2C(NC(=O)C(=NOC(C)C)c3csc(NC=O)n3)C(=O)N2C1. The molecule has 2 aliphatic heterocycles. The van der Waals surface area contributed by atoms with Crippen LogP contribution in [0.3, 0.4) is 0 Å². The van der Waals surface area contributed by atoms with Crippen LogP contribution in [0.25, 0.3) is 0 Å². The molecule has 3 N–H and O–H groups in total. The Bertz CT molecular complexity index is 1340. The Kier molecular flexibility index (Phi) is 8.72. The number of nitrogens with one attached hydrogen (secondary N) is 2. The summed E-state index contributed by atoms with van der Waals surface area (Å²) in [6, 6.07) is -0.889.